The molecule has 2 aromatic carbocycles. The number of benzene rings is 2. The van der Waals surface area contributed by atoms with Gasteiger partial charge in [0.15, 0.2) is 0 Å². The molecule has 3 rings (SSSR count). The van der Waals surface area contributed by atoms with Gasteiger partial charge in [0, 0.05) is 32.7 Å². The molecule has 2 aromatic rings. The topological polar surface area (TPSA) is 73.9 Å². The number of hydrogen-bond donors (Lipinski definition) is 2. The zero-order valence-corrected chi connectivity index (χ0v) is 18.5. The quantitative estimate of drug-likeness (QED) is 0.665. The summed E-state index contributed by atoms with van der Waals surface area (Å²) in [5, 5.41) is 5.61. The lowest BCUT2D eigenvalue weighted by atomic mass is 10.0. The summed E-state index contributed by atoms with van der Waals surface area (Å²) in [5.41, 5.74) is 2.04. The Morgan fingerprint density at radius 2 is 1.58 bits per heavy atom. The molecule has 166 valence electrons. The number of nitrogens with zero attached hydrogens (tertiary/aromatic N) is 2. The van der Waals surface area contributed by atoms with Crippen molar-refractivity contribution in [2.75, 3.05) is 46.9 Å². The summed E-state index contributed by atoms with van der Waals surface area (Å²) in [6.45, 7) is 5.97. The fourth-order valence-electron chi connectivity index (χ4n) is 3.77. The van der Waals surface area contributed by atoms with E-state index in [1.807, 2.05) is 61.5 Å². The zero-order chi connectivity index (χ0) is 22.2. The molecule has 1 fully saturated rings. The molecule has 31 heavy (non-hydrogen) atoms. The van der Waals surface area contributed by atoms with Gasteiger partial charge in [0.05, 0.1) is 19.2 Å². The maximum absolute atomic E-state index is 12.5. The minimum absolute atomic E-state index is 0.0112. The maximum Gasteiger partial charge on any atom is 0.309 e. The SMILES string of the molecule is COc1ccc([C@@H](CNC(=O)C(=O)N[C@H](C)c2ccccc2)N2CCN(C)CC2)cc1. The third-order valence-electron chi connectivity index (χ3n) is 5.79. The predicted molar refractivity (Wildman–Crippen MR) is 121 cm³/mol. The number of piperazine rings is 1. The molecule has 1 aliphatic heterocycles. The average molecular weight is 425 g/mol. The van der Waals surface area contributed by atoms with Crippen LogP contribution in [0.2, 0.25) is 0 Å². The minimum atomic E-state index is -0.622. The highest BCUT2D eigenvalue weighted by molar-refractivity contribution is 6.35. The predicted octanol–water partition coefficient (Wildman–Crippen LogP) is 1.98. The molecule has 0 aliphatic carbocycles. The first-order chi connectivity index (χ1) is 15.0. The minimum Gasteiger partial charge on any atom is -0.497 e. The van der Waals surface area contributed by atoms with E-state index in [2.05, 4.69) is 27.5 Å². The Balaban J connectivity index is 1.63. The van der Waals surface area contributed by atoms with E-state index in [0.717, 1.165) is 43.1 Å². The van der Waals surface area contributed by atoms with Gasteiger partial charge in [-0.25, -0.2) is 0 Å². The van der Waals surface area contributed by atoms with Gasteiger partial charge in [-0.05, 0) is 37.2 Å². The van der Waals surface area contributed by atoms with E-state index in [-0.39, 0.29) is 12.1 Å². The van der Waals surface area contributed by atoms with Crippen LogP contribution in [0.1, 0.15) is 30.1 Å². The lowest BCUT2D eigenvalue weighted by Gasteiger charge is -2.38. The number of rotatable bonds is 7. The molecule has 1 aliphatic rings. The van der Waals surface area contributed by atoms with E-state index >= 15 is 0 Å². The Hall–Kier alpha value is -2.90. The Kier molecular flexibility index (Phi) is 8.03. The lowest BCUT2D eigenvalue weighted by Crippen LogP contribution is -2.49. The molecule has 7 heteroatoms. The highest BCUT2D eigenvalue weighted by Gasteiger charge is 2.26. The number of carbonyl (C=O) groups excluding carboxylic acids is 2. The summed E-state index contributed by atoms with van der Waals surface area (Å²) in [5.74, 6) is -0.446. The Labute approximate surface area is 184 Å². The number of hydrogen-bond acceptors (Lipinski definition) is 5. The summed E-state index contributed by atoms with van der Waals surface area (Å²) < 4.78 is 5.27. The number of ether oxygens (including phenoxy) is 1. The fraction of sp³-hybridized carbons (Fsp3) is 0.417. The normalized spacial score (nSPS) is 16.9. The Bertz CT molecular complexity index is 849. The van der Waals surface area contributed by atoms with Gasteiger partial charge >= 0.3 is 11.8 Å². The maximum atomic E-state index is 12.5. The van der Waals surface area contributed by atoms with Crippen LogP contribution in [0.25, 0.3) is 0 Å². The summed E-state index contributed by atoms with van der Waals surface area (Å²) in [6.07, 6.45) is 0. The smallest absolute Gasteiger partial charge is 0.309 e. The first-order valence-electron chi connectivity index (χ1n) is 10.7. The van der Waals surface area contributed by atoms with Crippen molar-refractivity contribution < 1.29 is 14.3 Å². The van der Waals surface area contributed by atoms with Gasteiger partial charge in [-0.1, -0.05) is 42.5 Å². The summed E-state index contributed by atoms with van der Waals surface area (Å²) >= 11 is 0. The molecule has 0 bridgehead atoms. The van der Waals surface area contributed by atoms with Crippen LogP contribution in [-0.4, -0.2) is 68.5 Å². The van der Waals surface area contributed by atoms with Gasteiger partial charge in [0.1, 0.15) is 5.75 Å². The second kappa shape index (κ2) is 10.9. The Morgan fingerprint density at radius 1 is 0.935 bits per heavy atom. The zero-order valence-electron chi connectivity index (χ0n) is 18.5. The molecule has 0 unspecified atom stereocenters. The van der Waals surface area contributed by atoms with Crippen molar-refractivity contribution in [2.24, 2.45) is 0 Å². The highest BCUT2D eigenvalue weighted by Crippen LogP contribution is 2.24. The van der Waals surface area contributed by atoms with Crippen LogP contribution in [-0.2, 0) is 9.59 Å². The van der Waals surface area contributed by atoms with Crippen molar-refractivity contribution in [3.05, 3.63) is 65.7 Å². The van der Waals surface area contributed by atoms with Crippen molar-refractivity contribution in [2.45, 2.75) is 19.0 Å². The molecule has 2 atom stereocenters. The monoisotopic (exact) mass is 424 g/mol. The Morgan fingerprint density at radius 3 is 2.19 bits per heavy atom. The van der Waals surface area contributed by atoms with Crippen molar-refractivity contribution in [1.82, 2.24) is 20.4 Å². The number of nitrogens with one attached hydrogen (secondary N) is 2. The molecule has 0 radical (unpaired) electrons. The lowest BCUT2D eigenvalue weighted by molar-refractivity contribution is -0.139. The van der Waals surface area contributed by atoms with Crippen LogP contribution in [0.4, 0.5) is 0 Å². The number of methoxy groups -OCH3 is 1. The first kappa shape index (κ1) is 22.8. The van der Waals surface area contributed by atoms with Gasteiger partial charge in [-0.2, -0.15) is 0 Å². The van der Waals surface area contributed by atoms with E-state index in [1.54, 1.807) is 7.11 Å². The fourth-order valence-corrected chi connectivity index (χ4v) is 3.77. The average Bonchev–Trinajstić information content (AvgIpc) is 2.81. The summed E-state index contributed by atoms with van der Waals surface area (Å²) in [4.78, 5) is 29.6. The standard InChI is InChI=1S/C24H32N4O3/c1-18(19-7-5-4-6-8-19)26-24(30)23(29)25-17-22(28-15-13-27(2)14-16-28)20-9-11-21(31-3)12-10-20/h4-12,18,22H,13-17H2,1-3H3,(H,25,29)(H,26,30)/t18-,22-/m1/s1. The van der Waals surface area contributed by atoms with Gasteiger partial charge in [0.2, 0.25) is 0 Å². The molecule has 1 heterocycles. The second-order valence-corrected chi connectivity index (χ2v) is 7.94. The molecule has 0 saturated carbocycles. The second-order valence-electron chi connectivity index (χ2n) is 7.94. The number of likely N-dealkylation sites (N-methyl/N-ethyl adjacent to an activating group) is 1. The molecular weight excluding hydrogens is 392 g/mol. The molecule has 1 saturated heterocycles. The van der Waals surface area contributed by atoms with Gasteiger partial charge in [-0.3, -0.25) is 14.5 Å². The van der Waals surface area contributed by atoms with Crippen molar-refractivity contribution in [3.63, 3.8) is 0 Å². The van der Waals surface area contributed by atoms with Gasteiger partial charge in [-0.15, -0.1) is 0 Å². The molecule has 0 spiro atoms. The number of amides is 2. The van der Waals surface area contributed by atoms with E-state index in [1.165, 1.54) is 0 Å². The van der Waals surface area contributed by atoms with E-state index in [0.29, 0.717) is 6.54 Å². The van der Waals surface area contributed by atoms with Crippen molar-refractivity contribution in [1.29, 1.82) is 0 Å². The van der Waals surface area contributed by atoms with Crippen LogP contribution in [0.5, 0.6) is 5.75 Å². The van der Waals surface area contributed by atoms with Crippen LogP contribution in [0.15, 0.2) is 54.6 Å². The molecule has 2 amide bonds. The molecule has 7 nitrogen and oxygen atoms in total. The van der Waals surface area contributed by atoms with Crippen LogP contribution in [0, 0.1) is 0 Å². The van der Waals surface area contributed by atoms with E-state index < -0.39 is 11.8 Å². The van der Waals surface area contributed by atoms with Gasteiger partial charge in [0.25, 0.3) is 0 Å². The molecule has 0 aromatic heterocycles. The number of carbonyl (C=O) groups is 2. The third-order valence-corrected chi connectivity index (χ3v) is 5.79. The third kappa shape index (κ3) is 6.29. The van der Waals surface area contributed by atoms with Crippen LogP contribution < -0.4 is 15.4 Å². The van der Waals surface area contributed by atoms with Crippen LogP contribution >= 0.6 is 0 Å². The first-order valence-corrected chi connectivity index (χ1v) is 10.7. The molecule has 2 N–H and O–H groups in total. The van der Waals surface area contributed by atoms with E-state index in [4.69, 9.17) is 4.74 Å². The highest BCUT2D eigenvalue weighted by atomic mass is 16.5. The van der Waals surface area contributed by atoms with Crippen molar-refractivity contribution >= 4 is 11.8 Å². The van der Waals surface area contributed by atoms with E-state index in [9.17, 15) is 9.59 Å². The van der Waals surface area contributed by atoms with Gasteiger partial charge < -0.3 is 20.3 Å². The summed E-state index contributed by atoms with van der Waals surface area (Å²) in [6, 6.07) is 17.2. The summed E-state index contributed by atoms with van der Waals surface area (Å²) in [7, 11) is 3.75. The van der Waals surface area contributed by atoms with Crippen LogP contribution in [0.3, 0.4) is 0 Å². The van der Waals surface area contributed by atoms with Crippen molar-refractivity contribution in [3.8, 4) is 5.75 Å². The molecular formula is C24H32N4O3. The largest absolute Gasteiger partial charge is 0.497 e.